The number of rotatable bonds is 8. The minimum atomic E-state index is -3.66. The third-order valence-electron chi connectivity index (χ3n) is 4.39. The summed E-state index contributed by atoms with van der Waals surface area (Å²) in [4.78, 5) is 12.5. The van der Waals surface area contributed by atoms with E-state index in [1.54, 1.807) is 36.0 Å². The summed E-state index contributed by atoms with van der Waals surface area (Å²) in [6.45, 7) is 4.21. The molecule has 2 aromatic carbocycles. The second-order valence-electron chi connectivity index (χ2n) is 6.87. The van der Waals surface area contributed by atoms with Gasteiger partial charge in [-0.15, -0.1) is 0 Å². The van der Waals surface area contributed by atoms with E-state index in [9.17, 15) is 13.2 Å². The summed E-state index contributed by atoms with van der Waals surface area (Å²) in [5.74, 6) is -0.259. The van der Waals surface area contributed by atoms with E-state index in [-0.39, 0.29) is 23.8 Å². The van der Waals surface area contributed by atoms with Crippen LogP contribution in [0.5, 0.6) is 0 Å². The topological polar surface area (TPSA) is 93.1 Å². The Bertz CT molecular complexity index is 1090. The first-order valence-electron chi connectivity index (χ1n) is 9.27. The van der Waals surface area contributed by atoms with Gasteiger partial charge >= 0.3 is 0 Å². The third-order valence-corrected chi connectivity index (χ3v) is 5.99. The summed E-state index contributed by atoms with van der Waals surface area (Å²) in [6.07, 6.45) is 3.62. The molecule has 1 aromatic heterocycles. The highest BCUT2D eigenvalue weighted by atomic mass is 32.2. The molecule has 0 atom stereocenters. The zero-order chi connectivity index (χ0) is 20.9. The molecule has 1 heterocycles. The number of benzene rings is 2. The van der Waals surface area contributed by atoms with Crippen LogP contribution in [-0.4, -0.2) is 30.7 Å². The van der Waals surface area contributed by atoms with Crippen LogP contribution in [-0.2, 0) is 21.4 Å². The minimum Gasteiger partial charge on any atom is -0.326 e. The van der Waals surface area contributed by atoms with E-state index in [1.807, 2.05) is 43.5 Å². The maximum Gasteiger partial charge on any atom is 0.240 e. The van der Waals surface area contributed by atoms with E-state index in [1.165, 1.54) is 0 Å². The molecule has 7 nitrogen and oxygen atoms in total. The molecule has 0 aliphatic carbocycles. The molecule has 29 heavy (non-hydrogen) atoms. The highest BCUT2D eigenvalue weighted by Crippen LogP contribution is 2.16. The van der Waals surface area contributed by atoms with Gasteiger partial charge in [-0.1, -0.05) is 24.3 Å². The fourth-order valence-corrected chi connectivity index (χ4v) is 4.28. The molecule has 0 radical (unpaired) electrons. The van der Waals surface area contributed by atoms with Gasteiger partial charge in [0.15, 0.2) is 0 Å². The Morgan fingerprint density at radius 1 is 1.10 bits per heavy atom. The predicted molar refractivity (Wildman–Crippen MR) is 112 cm³/mol. The van der Waals surface area contributed by atoms with E-state index in [0.29, 0.717) is 17.8 Å². The zero-order valence-corrected chi connectivity index (χ0v) is 17.2. The first-order chi connectivity index (χ1) is 13.8. The highest BCUT2D eigenvalue weighted by Gasteiger charge is 2.17. The molecular weight excluding hydrogens is 388 g/mol. The molecule has 152 valence electrons. The van der Waals surface area contributed by atoms with Crippen molar-refractivity contribution in [1.29, 1.82) is 0 Å². The number of hydrogen-bond donors (Lipinski definition) is 2. The van der Waals surface area contributed by atoms with Crippen LogP contribution in [0.2, 0.25) is 0 Å². The van der Waals surface area contributed by atoms with Crippen LogP contribution in [0.3, 0.4) is 0 Å². The van der Waals surface area contributed by atoms with Crippen LogP contribution in [0, 0.1) is 13.8 Å². The summed E-state index contributed by atoms with van der Waals surface area (Å²) in [5, 5.41) is 6.97. The summed E-state index contributed by atoms with van der Waals surface area (Å²) in [6, 6.07) is 14.6. The van der Waals surface area contributed by atoms with Gasteiger partial charge in [-0.2, -0.15) is 5.10 Å². The Kier molecular flexibility index (Phi) is 6.46. The molecule has 0 aliphatic rings. The molecule has 0 aliphatic heterocycles. The summed E-state index contributed by atoms with van der Waals surface area (Å²) < 4.78 is 29.3. The van der Waals surface area contributed by atoms with E-state index >= 15 is 0 Å². The number of hydrogen-bond acceptors (Lipinski definition) is 4. The van der Waals surface area contributed by atoms with Gasteiger partial charge in [0.05, 0.1) is 11.4 Å². The molecule has 3 aromatic rings. The number of sulfonamides is 1. The van der Waals surface area contributed by atoms with E-state index in [2.05, 4.69) is 15.1 Å². The number of anilines is 1. The van der Waals surface area contributed by atoms with E-state index < -0.39 is 10.0 Å². The molecule has 0 fully saturated rings. The van der Waals surface area contributed by atoms with Gasteiger partial charge in [0.25, 0.3) is 0 Å². The lowest BCUT2D eigenvalue weighted by atomic mass is 10.2. The lowest BCUT2D eigenvalue weighted by Crippen LogP contribution is -2.28. The second-order valence-corrected chi connectivity index (χ2v) is 8.60. The van der Waals surface area contributed by atoms with Gasteiger partial charge in [0.2, 0.25) is 15.9 Å². The van der Waals surface area contributed by atoms with Crippen molar-refractivity contribution in [2.45, 2.75) is 31.7 Å². The van der Waals surface area contributed by atoms with Crippen LogP contribution in [0.4, 0.5) is 5.69 Å². The largest absolute Gasteiger partial charge is 0.326 e. The Balaban J connectivity index is 1.54. The van der Waals surface area contributed by atoms with Crippen molar-refractivity contribution in [2.24, 2.45) is 0 Å². The second kappa shape index (κ2) is 9.02. The van der Waals surface area contributed by atoms with Crippen molar-refractivity contribution in [3.63, 3.8) is 0 Å². The Morgan fingerprint density at radius 3 is 2.69 bits per heavy atom. The lowest BCUT2D eigenvalue weighted by molar-refractivity contribution is -0.116. The fraction of sp³-hybridized carbons (Fsp3) is 0.238. The monoisotopic (exact) mass is 412 g/mol. The summed E-state index contributed by atoms with van der Waals surface area (Å²) in [5.41, 5.74) is 3.20. The highest BCUT2D eigenvalue weighted by molar-refractivity contribution is 7.89. The number of aryl methyl sites for hydroxylation is 2. The van der Waals surface area contributed by atoms with Gasteiger partial charge in [0, 0.05) is 31.0 Å². The van der Waals surface area contributed by atoms with Crippen LogP contribution in [0.25, 0.3) is 0 Å². The van der Waals surface area contributed by atoms with Gasteiger partial charge < -0.3 is 5.32 Å². The van der Waals surface area contributed by atoms with Crippen molar-refractivity contribution >= 4 is 21.6 Å². The van der Waals surface area contributed by atoms with Crippen molar-refractivity contribution in [3.05, 3.63) is 77.6 Å². The molecule has 2 N–H and O–H groups in total. The van der Waals surface area contributed by atoms with Gasteiger partial charge in [-0.25, -0.2) is 13.1 Å². The average molecular weight is 413 g/mol. The van der Waals surface area contributed by atoms with Gasteiger partial charge in [-0.05, 0) is 54.8 Å². The molecule has 0 unspecified atom stereocenters. The third kappa shape index (κ3) is 5.75. The lowest BCUT2D eigenvalue weighted by Gasteiger charge is -2.11. The van der Waals surface area contributed by atoms with Crippen LogP contribution >= 0.6 is 0 Å². The summed E-state index contributed by atoms with van der Waals surface area (Å²) >= 11 is 0. The molecule has 0 bridgehead atoms. The number of nitrogens with zero attached hydrogens (tertiary/aromatic N) is 2. The van der Waals surface area contributed by atoms with E-state index in [0.717, 1.165) is 11.1 Å². The fourth-order valence-electron chi connectivity index (χ4n) is 2.93. The SMILES string of the molecule is Cc1ccc(C)c(S(=O)(=O)NCCC(=O)Nc2cccc(Cn3cccn3)c2)c1. The molecule has 0 saturated carbocycles. The molecule has 0 saturated heterocycles. The predicted octanol–water partition coefficient (Wildman–Crippen LogP) is 2.86. The average Bonchev–Trinajstić information content (AvgIpc) is 3.16. The molecular formula is C21H24N4O3S. The maximum absolute atomic E-state index is 12.5. The standard InChI is InChI=1S/C21H24N4O3S/c1-16-7-8-17(2)20(13-16)29(27,28)23-11-9-21(26)24-19-6-3-5-18(14-19)15-25-12-4-10-22-25/h3-8,10,12-14,23H,9,11,15H2,1-2H3,(H,24,26). The number of nitrogens with one attached hydrogen (secondary N) is 2. The van der Waals surface area contributed by atoms with Crippen molar-refractivity contribution in [3.8, 4) is 0 Å². The van der Waals surface area contributed by atoms with Crippen LogP contribution in [0.15, 0.2) is 65.8 Å². The Morgan fingerprint density at radius 2 is 1.93 bits per heavy atom. The number of carbonyl (C=O) groups is 1. The minimum absolute atomic E-state index is 0.0223. The Labute approximate surface area is 170 Å². The first kappa shape index (κ1) is 20.8. The van der Waals surface area contributed by atoms with E-state index in [4.69, 9.17) is 0 Å². The van der Waals surface area contributed by atoms with Crippen LogP contribution in [0.1, 0.15) is 23.1 Å². The molecule has 8 heteroatoms. The first-order valence-corrected chi connectivity index (χ1v) is 10.7. The zero-order valence-electron chi connectivity index (χ0n) is 16.4. The van der Waals surface area contributed by atoms with Crippen molar-refractivity contribution in [2.75, 3.05) is 11.9 Å². The maximum atomic E-state index is 12.5. The van der Waals surface area contributed by atoms with Crippen molar-refractivity contribution < 1.29 is 13.2 Å². The Hall–Kier alpha value is -2.97. The van der Waals surface area contributed by atoms with Crippen LogP contribution < -0.4 is 10.0 Å². The van der Waals surface area contributed by atoms with Gasteiger partial charge in [0.1, 0.15) is 0 Å². The van der Waals surface area contributed by atoms with Crippen molar-refractivity contribution in [1.82, 2.24) is 14.5 Å². The molecule has 0 spiro atoms. The quantitative estimate of drug-likeness (QED) is 0.595. The summed E-state index contributed by atoms with van der Waals surface area (Å²) in [7, 11) is -3.66. The molecule has 3 rings (SSSR count). The molecule has 1 amide bonds. The number of carbonyl (C=O) groups excluding carboxylic acids is 1. The number of amides is 1. The van der Waals surface area contributed by atoms with Gasteiger partial charge in [-0.3, -0.25) is 9.48 Å². The normalized spacial score (nSPS) is 11.4. The number of aromatic nitrogens is 2. The smallest absolute Gasteiger partial charge is 0.240 e.